The van der Waals surface area contributed by atoms with Gasteiger partial charge in [-0.15, -0.1) is 0 Å². The van der Waals surface area contributed by atoms with Gasteiger partial charge in [-0.3, -0.25) is 4.79 Å². The van der Waals surface area contributed by atoms with Crippen LogP contribution in [0.3, 0.4) is 0 Å². The number of nitrogens with zero attached hydrogens (tertiary/aromatic N) is 1. The number of aliphatic hydroxyl groups is 1. The monoisotopic (exact) mass is 248 g/mol. The van der Waals surface area contributed by atoms with Gasteiger partial charge in [0.2, 0.25) is 5.91 Å². The molecule has 1 heterocycles. The Morgan fingerprint density at radius 2 is 2.17 bits per heavy atom. The summed E-state index contributed by atoms with van der Waals surface area (Å²) in [7, 11) is 1.74. The molecular formula is C14H20N2O2. The van der Waals surface area contributed by atoms with Gasteiger partial charge >= 0.3 is 0 Å². The minimum absolute atomic E-state index is 0.00839. The topological polar surface area (TPSA) is 52.6 Å². The highest BCUT2D eigenvalue weighted by Crippen LogP contribution is 2.17. The van der Waals surface area contributed by atoms with Gasteiger partial charge in [0.05, 0.1) is 18.7 Å². The van der Waals surface area contributed by atoms with E-state index in [2.05, 4.69) is 17.4 Å². The number of benzene rings is 1. The number of amides is 1. The van der Waals surface area contributed by atoms with Gasteiger partial charge < -0.3 is 15.3 Å². The molecule has 1 aromatic carbocycles. The fourth-order valence-corrected chi connectivity index (χ4v) is 2.21. The molecule has 18 heavy (non-hydrogen) atoms. The standard InChI is InChI=1S/C14H20N2O2/c1-10(9-17)16(2)14(18)13-7-11-5-3-4-6-12(11)8-15-13/h3-6,10,13,15,17H,7-9H2,1-2H3. The summed E-state index contributed by atoms with van der Waals surface area (Å²) in [6.07, 6.45) is 0.720. The van der Waals surface area contributed by atoms with E-state index < -0.39 is 0 Å². The van der Waals surface area contributed by atoms with Crippen molar-refractivity contribution in [1.82, 2.24) is 10.2 Å². The second-order valence-electron chi connectivity index (χ2n) is 4.89. The Bertz CT molecular complexity index is 434. The van der Waals surface area contributed by atoms with Crippen molar-refractivity contribution < 1.29 is 9.90 Å². The molecule has 1 amide bonds. The Labute approximate surface area is 108 Å². The Balaban J connectivity index is 2.07. The first-order valence-corrected chi connectivity index (χ1v) is 6.31. The molecule has 2 rings (SSSR count). The summed E-state index contributed by atoms with van der Waals surface area (Å²) in [4.78, 5) is 13.9. The zero-order chi connectivity index (χ0) is 13.1. The molecule has 1 aromatic rings. The number of likely N-dealkylation sites (N-methyl/N-ethyl adjacent to an activating group) is 1. The van der Waals surface area contributed by atoms with E-state index in [0.29, 0.717) is 0 Å². The van der Waals surface area contributed by atoms with Crippen LogP contribution in [0.1, 0.15) is 18.1 Å². The maximum Gasteiger partial charge on any atom is 0.240 e. The van der Waals surface area contributed by atoms with Crippen molar-refractivity contribution in [3.05, 3.63) is 35.4 Å². The zero-order valence-electron chi connectivity index (χ0n) is 10.9. The number of hydrogen-bond donors (Lipinski definition) is 2. The number of rotatable bonds is 3. The molecule has 2 unspecified atom stereocenters. The van der Waals surface area contributed by atoms with Crippen LogP contribution in [0.15, 0.2) is 24.3 Å². The average molecular weight is 248 g/mol. The SMILES string of the molecule is CC(CO)N(C)C(=O)C1Cc2ccccc2CN1. The molecule has 2 atom stereocenters. The first-order chi connectivity index (χ1) is 8.63. The lowest BCUT2D eigenvalue weighted by molar-refractivity contribution is -0.134. The van der Waals surface area contributed by atoms with Crippen molar-refractivity contribution in [2.45, 2.75) is 32.0 Å². The van der Waals surface area contributed by atoms with E-state index in [1.807, 2.05) is 19.1 Å². The van der Waals surface area contributed by atoms with Crippen LogP contribution >= 0.6 is 0 Å². The lowest BCUT2D eigenvalue weighted by atomic mass is 9.95. The van der Waals surface area contributed by atoms with Gasteiger partial charge in [-0.05, 0) is 24.5 Å². The smallest absolute Gasteiger partial charge is 0.240 e. The fourth-order valence-electron chi connectivity index (χ4n) is 2.21. The number of nitrogens with one attached hydrogen (secondary N) is 1. The Hall–Kier alpha value is -1.39. The zero-order valence-corrected chi connectivity index (χ0v) is 10.9. The molecule has 98 valence electrons. The molecular weight excluding hydrogens is 228 g/mol. The summed E-state index contributed by atoms with van der Waals surface area (Å²) in [5.74, 6) is 0.0473. The summed E-state index contributed by atoms with van der Waals surface area (Å²) in [5, 5.41) is 12.4. The first-order valence-electron chi connectivity index (χ1n) is 6.31. The highest BCUT2D eigenvalue weighted by Gasteiger charge is 2.27. The van der Waals surface area contributed by atoms with Crippen LogP contribution in [0.4, 0.5) is 0 Å². The van der Waals surface area contributed by atoms with Crippen LogP contribution in [0.2, 0.25) is 0 Å². The molecule has 0 saturated carbocycles. The van der Waals surface area contributed by atoms with Gasteiger partial charge in [0.1, 0.15) is 0 Å². The largest absolute Gasteiger partial charge is 0.394 e. The van der Waals surface area contributed by atoms with E-state index in [-0.39, 0.29) is 24.6 Å². The lowest BCUT2D eigenvalue weighted by Gasteiger charge is -2.31. The van der Waals surface area contributed by atoms with Crippen molar-refractivity contribution >= 4 is 5.91 Å². The number of carbonyl (C=O) groups is 1. The van der Waals surface area contributed by atoms with Crippen LogP contribution in [0.5, 0.6) is 0 Å². The lowest BCUT2D eigenvalue weighted by Crippen LogP contribution is -2.51. The van der Waals surface area contributed by atoms with E-state index in [4.69, 9.17) is 5.11 Å². The van der Waals surface area contributed by atoms with Crippen LogP contribution in [0.25, 0.3) is 0 Å². The van der Waals surface area contributed by atoms with Crippen LogP contribution in [-0.2, 0) is 17.8 Å². The summed E-state index contributed by atoms with van der Waals surface area (Å²) < 4.78 is 0. The molecule has 0 fully saturated rings. The Kier molecular flexibility index (Phi) is 3.99. The van der Waals surface area contributed by atoms with Gasteiger partial charge in [-0.25, -0.2) is 0 Å². The third-order valence-corrected chi connectivity index (χ3v) is 3.65. The van der Waals surface area contributed by atoms with Gasteiger partial charge in [0.15, 0.2) is 0 Å². The van der Waals surface area contributed by atoms with Crippen LogP contribution in [0, 0.1) is 0 Å². The van der Waals surface area contributed by atoms with E-state index in [1.54, 1.807) is 11.9 Å². The first kappa shape index (κ1) is 13.1. The van der Waals surface area contributed by atoms with E-state index in [9.17, 15) is 4.79 Å². The van der Waals surface area contributed by atoms with Gasteiger partial charge in [-0.1, -0.05) is 24.3 Å². The van der Waals surface area contributed by atoms with Gasteiger partial charge in [0.25, 0.3) is 0 Å². The predicted octanol–water partition coefficient (Wildman–Crippen LogP) is 0.540. The second kappa shape index (κ2) is 5.50. The molecule has 0 saturated heterocycles. The van der Waals surface area contributed by atoms with Gasteiger partial charge in [0, 0.05) is 13.6 Å². The molecule has 0 aromatic heterocycles. The highest BCUT2D eigenvalue weighted by atomic mass is 16.3. The Morgan fingerprint density at radius 3 is 2.83 bits per heavy atom. The summed E-state index contributed by atoms with van der Waals surface area (Å²) in [5.41, 5.74) is 2.50. The minimum Gasteiger partial charge on any atom is -0.394 e. The normalized spacial score (nSPS) is 20.1. The summed E-state index contributed by atoms with van der Waals surface area (Å²) in [6, 6.07) is 7.86. The summed E-state index contributed by atoms with van der Waals surface area (Å²) >= 11 is 0. The predicted molar refractivity (Wildman–Crippen MR) is 70.1 cm³/mol. The molecule has 4 nitrogen and oxygen atoms in total. The molecule has 0 radical (unpaired) electrons. The molecule has 4 heteroatoms. The van der Waals surface area contributed by atoms with Crippen molar-refractivity contribution in [2.24, 2.45) is 0 Å². The van der Waals surface area contributed by atoms with Crippen molar-refractivity contribution in [2.75, 3.05) is 13.7 Å². The molecule has 0 bridgehead atoms. The van der Waals surface area contributed by atoms with Crippen molar-refractivity contribution in [3.8, 4) is 0 Å². The maximum absolute atomic E-state index is 12.3. The van der Waals surface area contributed by atoms with E-state index in [1.165, 1.54) is 11.1 Å². The van der Waals surface area contributed by atoms with E-state index in [0.717, 1.165) is 13.0 Å². The maximum atomic E-state index is 12.3. The molecule has 0 spiro atoms. The van der Waals surface area contributed by atoms with Crippen molar-refractivity contribution in [3.63, 3.8) is 0 Å². The number of aliphatic hydroxyl groups excluding tert-OH is 1. The molecule has 1 aliphatic heterocycles. The molecule has 2 N–H and O–H groups in total. The van der Waals surface area contributed by atoms with Crippen molar-refractivity contribution in [1.29, 1.82) is 0 Å². The molecule has 1 aliphatic rings. The minimum atomic E-state index is -0.182. The van der Waals surface area contributed by atoms with Gasteiger partial charge in [-0.2, -0.15) is 0 Å². The van der Waals surface area contributed by atoms with Crippen LogP contribution < -0.4 is 5.32 Å². The number of hydrogen-bond acceptors (Lipinski definition) is 3. The fraction of sp³-hybridized carbons (Fsp3) is 0.500. The third-order valence-electron chi connectivity index (χ3n) is 3.65. The van der Waals surface area contributed by atoms with Crippen LogP contribution in [-0.4, -0.2) is 41.7 Å². The summed E-state index contributed by atoms with van der Waals surface area (Å²) in [6.45, 7) is 2.56. The second-order valence-corrected chi connectivity index (χ2v) is 4.89. The van der Waals surface area contributed by atoms with E-state index >= 15 is 0 Å². The molecule has 0 aliphatic carbocycles. The quantitative estimate of drug-likeness (QED) is 0.821. The Morgan fingerprint density at radius 1 is 1.50 bits per heavy atom. The average Bonchev–Trinajstić information content (AvgIpc) is 2.44. The highest BCUT2D eigenvalue weighted by molar-refractivity contribution is 5.82. The number of carbonyl (C=O) groups excluding carboxylic acids is 1. The third kappa shape index (κ3) is 2.54. The number of fused-ring (bicyclic) bond motifs is 1.